The van der Waals surface area contributed by atoms with Gasteiger partial charge in [0.1, 0.15) is 5.69 Å². The van der Waals surface area contributed by atoms with Gasteiger partial charge in [0.15, 0.2) is 5.92 Å². The minimum Gasteiger partial charge on any atom is -0.465 e. The van der Waals surface area contributed by atoms with Crippen molar-refractivity contribution < 1.29 is 32.2 Å². The number of alkyl halides is 3. The fourth-order valence-electron chi connectivity index (χ4n) is 1.57. The Balaban J connectivity index is 3.33. The van der Waals surface area contributed by atoms with Crippen molar-refractivity contribution in [2.45, 2.75) is 25.9 Å². The number of esters is 2. The fraction of sp³-hybridized carbons (Fsp3) is 0.500. The Morgan fingerprint density at radius 2 is 1.71 bits per heavy atom. The lowest BCUT2D eigenvalue weighted by Gasteiger charge is -2.17. The van der Waals surface area contributed by atoms with Crippen LogP contribution in [0.15, 0.2) is 12.3 Å². The first-order valence-corrected chi connectivity index (χ1v) is 6.04. The molecule has 116 valence electrons. The van der Waals surface area contributed by atoms with Crippen LogP contribution in [0.5, 0.6) is 0 Å². The molecule has 0 saturated carbocycles. The van der Waals surface area contributed by atoms with E-state index in [4.69, 9.17) is 0 Å². The van der Waals surface area contributed by atoms with Gasteiger partial charge in [-0.2, -0.15) is 23.4 Å². The first-order chi connectivity index (χ1) is 9.82. The normalized spacial score (nSPS) is 11.3. The summed E-state index contributed by atoms with van der Waals surface area (Å²) in [5.41, 5.74) is -2.06. The minimum atomic E-state index is -4.79. The topological polar surface area (TPSA) is 78.4 Å². The number of rotatable bonds is 5. The molecule has 0 N–H and O–H groups in total. The van der Waals surface area contributed by atoms with Gasteiger partial charge in [-0.05, 0) is 19.9 Å². The van der Waals surface area contributed by atoms with E-state index in [1.54, 1.807) is 0 Å². The summed E-state index contributed by atoms with van der Waals surface area (Å²) < 4.78 is 48.0. The van der Waals surface area contributed by atoms with Crippen LogP contribution in [-0.4, -0.2) is 35.3 Å². The summed E-state index contributed by atoms with van der Waals surface area (Å²) in [4.78, 5) is 23.6. The number of carbonyl (C=O) groups is 2. The molecule has 0 atom stereocenters. The molecule has 1 aromatic rings. The third-order valence-corrected chi connectivity index (χ3v) is 2.37. The predicted octanol–water partition coefficient (Wildman–Crippen LogP) is 1.71. The van der Waals surface area contributed by atoms with Crippen molar-refractivity contribution >= 4 is 11.9 Å². The van der Waals surface area contributed by atoms with Gasteiger partial charge in [0, 0.05) is 0 Å². The predicted molar refractivity (Wildman–Crippen MR) is 63.0 cm³/mol. The molecule has 6 nitrogen and oxygen atoms in total. The van der Waals surface area contributed by atoms with Gasteiger partial charge in [0.25, 0.3) is 0 Å². The molecular formula is C12H13F3N2O4. The number of aromatic nitrogens is 2. The van der Waals surface area contributed by atoms with E-state index in [1.165, 1.54) is 13.8 Å². The second kappa shape index (κ2) is 7.00. The van der Waals surface area contributed by atoms with E-state index in [2.05, 4.69) is 19.7 Å². The lowest BCUT2D eigenvalue weighted by atomic mass is 10.0. The van der Waals surface area contributed by atoms with E-state index >= 15 is 0 Å². The van der Waals surface area contributed by atoms with Crippen molar-refractivity contribution in [3.05, 3.63) is 23.5 Å². The summed E-state index contributed by atoms with van der Waals surface area (Å²) in [7, 11) is 0. The van der Waals surface area contributed by atoms with Crippen LogP contribution < -0.4 is 0 Å². The minimum absolute atomic E-state index is 0.101. The summed E-state index contributed by atoms with van der Waals surface area (Å²) in [5.74, 6) is -4.25. The van der Waals surface area contributed by atoms with Gasteiger partial charge in [-0.15, -0.1) is 0 Å². The molecule has 1 aromatic heterocycles. The van der Waals surface area contributed by atoms with Crippen LogP contribution in [0.1, 0.15) is 31.0 Å². The molecule has 0 spiro atoms. The molecule has 0 radical (unpaired) electrons. The summed E-state index contributed by atoms with van der Waals surface area (Å²) >= 11 is 0. The third-order valence-electron chi connectivity index (χ3n) is 2.37. The molecule has 9 heteroatoms. The van der Waals surface area contributed by atoms with Crippen molar-refractivity contribution in [1.82, 2.24) is 10.2 Å². The van der Waals surface area contributed by atoms with Crippen molar-refractivity contribution in [2.24, 2.45) is 0 Å². The largest absolute Gasteiger partial charge is 0.465 e. The maximum Gasteiger partial charge on any atom is 0.418 e. The van der Waals surface area contributed by atoms with Crippen molar-refractivity contribution in [3.63, 3.8) is 0 Å². The van der Waals surface area contributed by atoms with Crippen molar-refractivity contribution in [1.29, 1.82) is 0 Å². The summed E-state index contributed by atoms with van der Waals surface area (Å²) in [6.07, 6.45) is -3.97. The molecule has 0 unspecified atom stereocenters. The maximum atomic E-state index is 12.9. The molecule has 1 rings (SSSR count). The maximum absolute atomic E-state index is 12.9. The van der Waals surface area contributed by atoms with Gasteiger partial charge in [0.05, 0.1) is 25.0 Å². The van der Waals surface area contributed by atoms with Crippen molar-refractivity contribution in [3.8, 4) is 0 Å². The molecule has 0 aliphatic heterocycles. The molecule has 1 heterocycles. The van der Waals surface area contributed by atoms with Crippen molar-refractivity contribution in [2.75, 3.05) is 13.2 Å². The Morgan fingerprint density at radius 3 is 2.14 bits per heavy atom. The molecule has 0 fully saturated rings. The Labute approximate surface area is 118 Å². The van der Waals surface area contributed by atoms with E-state index in [0.29, 0.717) is 6.07 Å². The SMILES string of the molecule is CCOC(=O)C(C(=O)OCC)c1nnccc1C(F)(F)F. The molecular weight excluding hydrogens is 293 g/mol. The average Bonchev–Trinajstić information content (AvgIpc) is 2.39. The average molecular weight is 306 g/mol. The van der Waals surface area contributed by atoms with Gasteiger partial charge in [0.2, 0.25) is 0 Å². The van der Waals surface area contributed by atoms with E-state index in [-0.39, 0.29) is 13.2 Å². The zero-order valence-corrected chi connectivity index (χ0v) is 11.3. The second-order valence-electron chi connectivity index (χ2n) is 3.76. The molecule has 0 aromatic carbocycles. The lowest BCUT2D eigenvalue weighted by Crippen LogP contribution is -2.29. The number of hydrogen-bond acceptors (Lipinski definition) is 6. The van der Waals surface area contributed by atoms with Crippen LogP contribution in [-0.2, 0) is 25.2 Å². The second-order valence-corrected chi connectivity index (χ2v) is 3.76. The van der Waals surface area contributed by atoms with Gasteiger partial charge in [-0.25, -0.2) is 0 Å². The Hall–Kier alpha value is -2.19. The molecule has 0 saturated heterocycles. The number of ether oxygens (including phenoxy) is 2. The zero-order chi connectivity index (χ0) is 16.0. The number of carbonyl (C=O) groups excluding carboxylic acids is 2. The quantitative estimate of drug-likeness (QED) is 0.608. The number of hydrogen-bond donors (Lipinski definition) is 0. The highest BCUT2D eigenvalue weighted by Crippen LogP contribution is 2.34. The Morgan fingerprint density at radius 1 is 1.19 bits per heavy atom. The molecule has 21 heavy (non-hydrogen) atoms. The van der Waals surface area contributed by atoms with Gasteiger partial charge in [-0.3, -0.25) is 9.59 Å². The van der Waals surface area contributed by atoms with Crippen LogP contribution >= 0.6 is 0 Å². The molecule has 0 aliphatic carbocycles. The summed E-state index contributed by atoms with van der Waals surface area (Å²) in [6, 6.07) is 0.633. The third kappa shape index (κ3) is 4.14. The first kappa shape index (κ1) is 16.9. The van der Waals surface area contributed by atoms with E-state index in [0.717, 1.165) is 6.20 Å². The Kier molecular flexibility index (Phi) is 5.62. The zero-order valence-electron chi connectivity index (χ0n) is 11.3. The highest BCUT2D eigenvalue weighted by Gasteiger charge is 2.42. The van der Waals surface area contributed by atoms with Crippen LogP contribution in [0.3, 0.4) is 0 Å². The fourth-order valence-corrected chi connectivity index (χ4v) is 1.57. The smallest absolute Gasteiger partial charge is 0.418 e. The molecule has 0 aliphatic rings. The lowest BCUT2D eigenvalue weighted by molar-refractivity contribution is -0.157. The van der Waals surface area contributed by atoms with Crippen LogP contribution in [0.4, 0.5) is 13.2 Å². The Bertz CT molecular complexity index is 501. The van der Waals surface area contributed by atoms with Gasteiger partial charge in [-0.1, -0.05) is 0 Å². The van der Waals surface area contributed by atoms with Crippen LogP contribution in [0.2, 0.25) is 0 Å². The summed E-state index contributed by atoms with van der Waals surface area (Å²) in [6.45, 7) is 2.72. The van der Waals surface area contributed by atoms with Crippen LogP contribution in [0.25, 0.3) is 0 Å². The molecule has 0 amide bonds. The highest BCUT2D eigenvalue weighted by molar-refractivity contribution is 6.00. The van der Waals surface area contributed by atoms with Crippen LogP contribution in [0, 0.1) is 0 Å². The monoisotopic (exact) mass is 306 g/mol. The molecule has 0 bridgehead atoms. The standard InChI is InChI=1S/C12H13F3N2O4/c1-3-20-10(18)8(11(19)21-4-2)9-7(12(13,14)15)5-6-16-17-9/h5-6,8H,3-4H2,1-2H3. The first-order valence-electron chi connectivity index (χ1n) is 6.04. The van der Waals surface area contributed by atoms with Gasteiger partial charge >= 0.3 is 18.1 Å². The summed E-state index contributed by atoms with van der Waals surface area (Å²) in [5, 5.41) is 6.58. The van der Waals surface area contributed by atoms with Gasteiger partial charge < -0.3 is 9.47 Å². The number of nitrogens with zero attached hydrogens (tertiary/aromatic N) is 2. The van der Waals surface area contributed by atoms with E-state index in [9.17, 15) is 22.8 Å². The van der Waals surface area contributed by atoms with E-state index < -0.39 is 35.3 Å². The van der Waals surface area contributed by atoms with E-state index in [1.807, 2.05) is 0 Å². The number of halogens is 3. The highest BCUT2D eigenvalue weighted by atomic mass is 19.4.